The van der Waals surface area contributed by atoms with Crippen molar-refractivity contribution < 1.29 is 4.79 Å². The molecule has 0 saturated heterocycles. The Hall–Kier alpha value is -2.13. The third-order valence-corrected chi connectivity index (χ3v) is 3.73. The van der Waals surface area contributed by atoms with Crippen molar-refractivity contribution in [2.45, 2.75) is 26.8 Å². The summed E-state index contributed by atoms with van der Waals surface area (Å²) in [6.45, 7) is 6.21. The summed E-state index contributed by atoms with van der Waals surface area (Å²) < 4.78 is 0. The second-order valence-electron chi connectivity index (χ2n) is 6.16. The molecule has 0 saturated carbocycles. The fraction of sp³-hybridized carbons (Fsp3) is 0.350. The number of carbonyl (C=O) groups excluding carboxylic acids is 1. The van der Waals surface area contributed by atoms with Gasteiger partial charge in [-0.25, -0.2) is 0 Å². The Morgan fingerprint density at radius 3 is 2.22 bits per heavy atom. The first kappa shape index (κ1) is 17.2. The van der Waals surface area contributed by atoms with E-state index in [0.717, 1.165) is 24.2 Å². The highest BCUT2D eigenvalue weighted by Crippen LogP contribution is 2.17. The lowest BCUT2D eigenvalue weighted by Gasteiger charge is -2.23. The molecule has 2 aromatic rings. The fourth-order valence-corrected chi connectivity index (χ4v) is 2.38. The third-order valence-electron chi connectivity index (χ3n) is 3.73. The second-order valence-corrected chi connectivity index (χ2v) is 6.16. The number of nitrogens with one attached hydrogen (secondary N) is 1. The third kappa shape index (κ3) is 5.87. The van der Waals surface area contributed by atoms with E-state index in [4.69, 9.17) is 0 Å². The predicted molar refractivity (Wildman–Crippen MR) is 96.4 cm³/mol. The van der Waals surface area contributed by atoms with Gasteiger partial charge in [0.2, 0.25) is 5.91 Å². The molecule has 0 aliphatic heterocycles. The number of nitrogens with zero attached hydrogens (tertiary/aromatic N) is 1. The van der Waals surface area contributed by atoms with E-state index in [0.29, 0.717) is 19.0 Å². The van der Waals surface area contributed by atoms with Crippen LogP contribution in [0.15, 0.2) is 60.7 Å². The van der Waals surface area contributed by atoms with Crippen molar-refractivity contribution in [2.24, 2.45) is 5.92 Å². The topological polar surface area (TPSA) is 32.3 Å². The molecule has 0 aromatic heterocycles. The van der Waals surface area contributed by atoms with E-state index >= 15 is 0 Å². The summed E-state index contributed by atoms with van der Waals surface area (Å²) >= 11 is 0. The minimum atomic E-state index is 0.101. The first-order valence-electron chi connectivity index (χ1n) is 8.27. The largest absolute Gasteiger partial charge is 0.308 e. The SMILES string of the molecule is CC(C)CCNCC(=O)N(Cc1ccccc1)c1ccccc1. The summed E-state index contributed by atoms with van der Waals surface area (Å²) in [5.74, 6) is 0.746. The number of hydrogen-bond donors (Lipinski definition) is 1. The first-order chi connectivity index (χ1) is 11.2. The molecule has 1 N–H and O–H groups in total. The number of carbonyl (C=O) groups is 1. The van der Waals surface area contributed by atoms with E-state index in [2.05, 4.69) is 31.3 Å². The summed E-state index contributed by atoms with van der Waals surface area (Å²) in [7, 11) is 0. The summed E-state index contributed by atoms with van der Waals surface area (Å²) in [5.41, 5.74) is 2.07. The molecule has 3 heteroatoms. The van der Waals surface area contributed by atoms with Gasteiger partial charge in [0.1, 0.15) is 0 Å². The Balaban J connectivity index is 2.03. The average molecular weight is 310 g/mol. The maximum atomic E-state index is 12.7. The molecule has 0 bridgehead atoms. The molecular formula is C20H26N2O. The zero-order chi connectivity index (χ0) is 16.5. The second kappa shape index (κ2) is 9.11. The molecule has 2 rings (SSSR count). The van der Waals surface area contributed by atoms with Crippen LogP contribution in [0, 0.1) is 5.92 Å². The van der Waals surface area contributed by atoms with Gasteiger partial charge in [-0.15, -0.1) is 0 Å². The van der Waals surface area contributed by atoms with Gasteiger partial charge in [0.15, 0.2) is 0 Å². The van der Waals surface area contributed by atoms with E-state index < -0.39 is 0 Å². The summed E-state index contributed by atoms with van der Waals surface area (Å²) in [5, 5.41) is 3.26. The first-order valence-corrected chi connectivity index (χ1v) is 8.27. The molecule has 2 aromatic carbocycles. The van der Waals surface area contributed by atoms with Gasteiger partial charge in [-0.05, 0) is 36.6 Å². The minimum absolute atomic E-state index is 0.101. The standard InChI is InChI=1S/C20H26N2O/c1-17(2)13-14-21-15-20(23)22(19-11-7-4-8-12-19)16-18-9-5-3-6-10-18/h3-12,17,21H,13-16H2,1-2H3. The Morgan fingerprint density at radius 2 is 1.61 bits per heavy atom. The quantitative estimate of drug-likeness (QED) is 0.751. The maximum Gasteiger partial charge on any atom is 0.241 e. The lowest BCUT2D eigenvalue weighted by molar-refractivity contribution is -0.117. The van der Waals surface area contributed by atoms with E-state index in [1.807, 2.05) is 53.4 Å². The molecule has 0 unspecified atom stereocenters. The van der Waals surface area contributed by atoms with Gasteiger partial charge in [0.05, 0.1) is 13.1 Å². The Morgan fingerprint density at radius 1 is 1.00 bits per heavy atom. The molecule has 0 aliphatic rings. The predicted octanol–water partition coefficient (Wildman–Crippen LogP) is 3.86. The van der Waals surface area contributed by atoms with E-state index in [1.165, 1.54) is 0 Å². The Labute approximate surface area is 139 Å². The monoisotopic (exact) mass is 310 g/mol. The van der Waals surface area contributed by atoms with E-state index in [9.17, 15) is 4.79 Å². The zero-order valence-corrected chi connectivity index (χ0v) is 14.0. The molecule has 0 atom stereocenters. The molecule has 3 nitrogen and oxygen atoms in total. The van der Waals surface area contributed by atoms with Gasteiger partial charge in [-0.1, -0.05) is 62.4 Å². The summed E-state index contributed by atoms with van der Waals surface area (Å²) in [6, 6.07) is 20.0. The molecule has 0 fully saturated rings. The van der Waals surface area contributed by atoms with Gasteiger partial charge in [0, 0.05) is 5.69 Å². The van der Waals surface area contributed by atoms with Crippen molar-refractivity contribution in [3.8, 4) is 0 Å². The molecule has 0 radical (unpaired) electrons. The molecule has 122 valence electrons. The van der Waals surface area contributed by atoms with Crippen LogP contribution in [0.1, 0.15) is 25.8 Å². The van der Waals surface area contributed by atoms with Crippen LogP contribution in [0.5, 0.6) is 0 Å². The highest BCUT2D eigenvalue weighted by atomic mass is 16.2. The van der Waals surface area contributed by atoms with Crippen molar-refractivity contribution in [3.05, 3.63) is 66.2 Å². The Kier molecular flexibility index (Phi) is 6.82. The number of anilines is 1. The maximum absolute atomic E-state index is 12.7. The van der Waals surface area contributed by atoms with Crippen molar-refractivity contribution in [1.82, 2.24) is 5.32 Å². The van der Waals surface area contributed by atoms with Crippen molar-refractivity contribution in [1.29, 1.82) is 0 Å². The lowest BCUT2D eigenvalue weighted by Crippen LogP contribution is -2.38. The smallest absolute Gasteiger partial charge is 0.241 e. The van der Waals surface area contributed by atoms with Crippen LogP contribution in [0.25, 0.3) is 0 Å². The van der Waals surface area contributed by atoms with Crippen molar-refractivity contribution in [2.75, 3.05) is 18.0 Å². The number of benzene rings is 2. The van der Waals surface area contributed by atoms with Crippen LogP contribution in [0.3, 0.4) is 0 Å². The number of hydrogen-bond acceptors (Lipinski definition) is 2. The lowest BCUT2D eigenvalue weighted by atomic mass is 10.1. The fourth-order valence-electron chi connectivity index (χ4n) is 2.38. The van der Waals surface area contributed by atoms with Crippen molar-refractivity contribution in [3.63, 3.8) is 0 Å². The highest BCUT2D eigenvalue weighted by Gasteiger charge is 2.15. The highest BCUT2D eigenvalue weighted by molar-refractivity contribution is 5.94. The molecule has 0 spiro atoms. The van der Waals surface area contributed by atoms with Crippen LogP contribution in [-0.2, 0) is 11.3 Å². The van der Waals surface area contributed by atoms with Gasteiger partial charge >= 0.3 is 0 Å². The number of amides is 1. The van der Waals surface area contributed by atoms with Crippen LogP contribution in [0.2, 0.25) is 0 Å². The number of para-hydroxylation sites is 1. The molecule has 1 amide bonds. The molecule has 0 aliphatic carbocycles. The number of rotatable bonds is 8. The van der Waals surface area contributed by atoms with Crippen LogP contribution in [-0.4, -0.2) is 19.0 Å². The van der Waals surface area contributed by atoms with Gasteiger partial charge in [0.25, 0.3) is 0 Å². The van der Waals surface area contributed by atoms with E-state index in [-0.39, 0.29) is 5.91 Å². The van der Waals surface area contributed by atoms with Gasteiger partial charge in [-0.2, -0.15) is 0 Å². The molecule has 0 heterocycles. The summed E-state index contributed by atoms with van der Waals surface area (Å²) in [4.78, 5) is 14.5. The normalized spacial score (nSPS) is 10.7. The average Bonchev–Trinajstić information content (AvgIpc) is 2.58. The Bertz CT molecular complexity index is 581. The minimum Gasteiger partial charge on any atom is -0.308 e. The zero-order valence-electron chi connectivity index (χ0n) is 14.0. The van der Waals surface area contributed by atoms with Crippen molar-refractivity contribution >= 4 is 11.6 Å². The van der Waals surface area contributed by atoms with Crippen LogP contribution < -0.4 is 10.2 Å². The van der Waals surface area contributed by atoms with E-state index in [1.54, 1.807) is 0 Å². The molecular weight excluding hydrogens is 284 g/mol. The molecule has 23 heavy (non-hydrogen) atoms. The van der Waals surface area contributed by atoms with Crippen LogP contribution in [0.4, 0.5) is 5.69 Å². The van der Waals surface area contributed by atoms with Crippen LogP contribution >= 0.6 is 0 Å². The van der Waals surface area contributed by atoms with Gasteiger partial charge in [-0.3, -0.25) is 4.79 Å². The summed E-state index contributed by atoms with van der Waals surface area (Å²) in [6.07, 6.45) is 1.08. The van der Waals surface area contributed by atoms with Gasteiger partial charge < -0.3 is 10.2 Å².